The first kappa shape index (κ1) is 13.6. The Hall–Kier alpha value is -1.40. The van der Waals surface area contributed by atoms with Crippen molar-refractivity contribution in [1.82, 2.24) is 19.6 Å². The van der Waals surface area contributed by atoms with Crippen LogP contribution < -0.4 is 5.32 Å². The molecule has 1 aliphatic rings. The van der Waals surface area contributed by atoms with Crippen molar-refractivity contribution in [1.29, 1.82) is 0 Å². The second kappa shape index (κ2) is 5.93. The smallest absolute Gasteiger partial charge is 0.255 e. The maximum absolute atomic E-state index is 6.10. The van der Waals surface area contributed by atoms with E-state index in [1.807, 2.05) is 6.92 Å². The average Bonchev–Trinajstić information content (AvgIpc) is 3.15. The molecule has 1 fully saturated rings. The molecule has 0 amide bonds. The van der Waals surface area contributed by atoms with Gasteiger partial charge >= 0.3 is 0 Å². The number of halogens is 1. The van der Waals surface area contributed by atoms with E-state index >= 15 is 0 Å². The van der Waals surface area contributed by atoms with Gasteiger partial charge in [-0.2, -0.15) is 19.6 Å². The number of hydrogen-bond donors (Lipinski definition) is 1. The molecule has 108 valence electrons. The summed E-state index contributed by atoms with van der Waals surface area (Å²) < 4.78 is 7.28. The van der Waals surface area contributed by atoms with Crippen LogP contribution >= 0.6 is 11.6 Å². The Balaban J connectivity index is 1.55. The standard InChI is InChI=1S/C13H18ClN5O/c1-9-11(14)18-13-16-8-17-19(13)12(9)15-5-2-6-20-7-10-3-4-10/h8,10,15H,2-7H2,1H3. The van der Waals surface area contributed by atoms with Crippen LogP contribution in [0.1, 0.15) is 24.8 Å². The Bertz CT molecular complexity index is 596. The van der Waals surface area contributed by atoms with Crippen LogP contribution in [0.3, 0.4) is 0 Å². The summed E-state index contributed by atoms with van der Waals surface area (Å²) in [5, 5.41) is 7.96. The zero-order chi connectivity index (χ0) is 13.9. The number of aromatic nitrogens is 4. The average molecular weight is 296 g/mol. The van der Waals surface area contributed by atoms with Crippen molar-refractivity contribution in [3.8, 4) is 0 Å². The van der Waals surface area contributed by atoms with Crippen LogP contribution in [0.15, 0.2) is 6.33 Å². The van der Waals surface area contributed by atoms with Crippen molar-refractivity contribution < 1.29 is 4.74 Å². The molecule has 0 radical (unpaired) electrons. The predicted octanol–water partition coefficient (Wildman–Crippen LogP) is 2.31. The molecule has 3 rings (SSSR count). The second-order valence-electron chi connectivity index (χ2n) is 5.15. The lowest BCUT2D eigenvalue weighted by Crippen LogP contribution is -2.12. The van der Waals surface area contributed by atoms with Gasteiger partial charge in [0.15, 0.2) is 0 Å². The lowest BCUT2D eigenvalue weighted by Gasteiger charge is -2.11. The molecule has 1 N–H and O–H groups in total. The van der Waals surface area contributed by atoms with Crippen LogP contribution in [-0.2, 0) is 4.74 Å². The van der Waals surface area contributed by atoms with Gasteiger partial charge in [0.2, 0.25) is 0 Å². The van der Waals surface area contributed by atoms with Gasteiger partial charge in [0, 0.05) is 25.3 Å². The molecule has 2 aromatic heterocycles. The Labute approximate surface area is 122 Å². The quantitative estimate of drug-likeness (QED) is 0.627. The molecule has 1 saturated carbocycles. The summed E-state index contributed by atoms with van der Waals surface area (Å²) in [6.07, 6.45) is 5.08. The van der Waals surface area contributed by atoms with Crippen LogP contribution in [0.25, 0.3) is 5.78 Å². The Kier molecular flexibility index (Phi) is 4.03. The summed E-state index contributed by atoms with van der Waals surface area (Å²) in [5.41, 5.74) is 0.878. The molecular formula is C13H18ClN5O. The van der Waals surface area contributed by atoms with Crippen LogP contribution in [0, 0.1) is 12.8 Å². The Morgan fingerprint density at radius 2 is 2.35 bits per heavy atom. The van der Waals surface area contributed by atoms with Crippen LogP contribution in [0.2, 0.25) is 5.15 Å². The van der Waals surface area contributed by atoms with Crippen molar-refractivity contribution in [2.45, 2.75) is 26.2 Å². The number of nitrogens with one attached hydrogen (secondary N) is 1. The highest BCUT2D eigenvalue weighted by atomic mass is 35.5. The largest absolute Gasteiger partial charge is 0.381 e. The highest BCUT2D eigenvalue weighted by Crippen LogP contribution is 2.28. The molecule has 0 aromatic carbocycles. The van der Waals surface area contributed by atoms with E-state index in [9.17, 15) is 0 Å². The third-order valence-corrected chi connectivity index (χ3v) is 3.78. The van der Waals surface area contributed by atoms with E-state index < -0.39 is 0 Å². The predicted molar refractivity (Wildman–Crippen MR) is 77.2 cm³/mol. The minimum Gasteiger partial charge on any atom is -0.381 e. The minimum atomic E-state index is 0.456. The van der Waals surface area contributed by atoms with E-state index in [1.54, 1.807) is 4.52 Å². The van der Waals surface area contributed by atoms with E-state index in [1.165, 1.54) is 19.2 Å². The highest BCUT2D eigenvalue weighted by molar-refractivity contribution is 6.30. The molecule has 0 atom stereocenters. The lowest BCUT2D eigenvalue weighted by atomic mass is 10.3. The summed E-state index contributed by atoms with van der Waals surface area (Å²) in [4.78, 5) is 8.23. The number of ether oxygens (including phenoxy) is 1. The van der Waals surface area contributed by atoms with Gasteiger partial charge in [-0.25, -0.2) is 0 Å². The van der Waals surface area contributed by atoms with E-state index in [-0.39, 0.29) is 0 Å². The molecule has 2 heterocycles. The van der Waals surface area contributed by atoms with Crippen LogP contribution in [0.5, 0.6) is 0 Å². The van der Waals surface area contributed by atoms with E-state index in [4.69, 9.17) is 16.3 Å². The first-order valence-corrected chi connectivity index (χ1v) is 7.31. The van der Waals surface area contributed by atoms with E-state index in [0.717, 1.165) is 43.5 Å². The first-order chi connectivity index (χ1) is 9.75. The lowest BCUT2D eigenvalue weighted by molar-refractivity contribution is 0.124. The molecule has 7 heteroatoms. The Morgan fingerprint density at radius 1 is 1.50 bits per heavy atom. The van der Waals surface area contributed by atoms with Gasteiger partial charge in [-0.1, -0.05) is 11.6 Å². The van der Waals surface area contributed by atoms with Crippen molar-refractivity contribution >= 4 is 23.2 Å². The molecule has 0 unspecified atom stereocenters. The highest BCUT2D eigenvalue weighted by Gasteiger charge is 2.20. The SMILES string of the molecule is Cc1c(Cl)nc2ncnn2c1NCCCOCC1CC1. The van der Waals surface area contributed by atoms with Gasteiger partial charge in [-0.15, -0.1) is 0 Å². The molecule has 2 aromatic rings. The fourth-order valence-electron chi connectivity index (χ4n) is 2.02. The first-order valence-electron chi connectivity index (χ1n) is 6.93. The number of hydrogen-bond acceptors (Lipinski definition) is 5. The van der Waals surface area contributed by atoms with Crippen LogP contribution in [0.4, 0.5) is 5.82 Å². The zero-order valence-corrected chi connectivity index (χ0v) is 12.2. The fourth-order valence-corrected chi connectivity index (χ4v) is 2.19. The minimum absolute atomic E-state index is 0.456. The van der Waals surface area contributed by atoms with E-state index in [0.29, 0.717) is 10.9 Å². The Morgan fingerprint density at radius 3 is 3.15 bits per heavy atom. The van der Waals surface area contributed by atoms with Gasteiger partial charge in [-0.3, -0.25) is 0 Å². The van der Waals surface area contributed by atoms with Gasteiger partial charge in [0.05, 0.1) is 0 Å². The van der Waals surface area contributed by atoms with Gasteiger partial charge in [0.1, 0.15) is 17.3 Å². The molecule has 0 bridgehead atoms. The molecule has 20 heavy (non-hydrogen) atoms. The molecule has 6 nitrogen and oxygen atoms in total. The number of rotatable bonds is 7. The van der Waals surface area contributed by atoms with Crippen molar-refractivity contribution in [3.05, 3.63) is 17.0 Å². The monoisotopic (exact) mass is 295 g/mol. The molecule has 0 aliphatic heterocycles. The fraction of sp³-hybridized carbons (Fsp3) is 0.615. The summed E-state index contributed by atoms with van der Waals surface area (Å²) >= 11 is 6.10. The molecular weight excluding hydrogens is 278 g/mol. The van der Waals surface area contributed by atoms with Crippen molar-refractivity contribution in [2.24, 2.45) is 5.92 Å². The number of anilines is 1. The summed E-state index contributed by atoms with van der Waals surface area (Å²) in [7, 11) is 0. The maximum atomic E-state index is 6.10. The molecule has 0 saturated heterocycles. The maximum Gasteiger partial charge on any atom is 0.255 e. The van der Waals surface area contributed by atoms with Crippen LogP contribution in [-0.4, -0.2) is 39.3 Å². The van der Waals surface area contributed by atoms with E-state index in [2.05, 4.69) is 20.4 Å². The molecule has 0 spiro atoms. The number of fused-ring (bicyclic) bond motifs is 1. The second-order valence-corrected chi connectivity index (χ2v) is 5.50. The molecule has 1 aliphatic carbocycles. The topological polar surface area (TPSA) is 64.3 Å². The summed E-state index contributed by atoms with van der Waals surface area (Å²) in [5.74, 6) is 2.17. The third kappa shape index (κ3) is 3.02. The summed E-state index contributed by atoms with van der Waals surface area (Å²) in [6.45, 7) is 4.42. The van der Waals surface area contributed by atoms with Gasteiger partial charge in [-0.05, 0) is 32.1 Å². The van der Waals surface area contributed by atoms with Gasteiger partial charge in [0.25, 0.3) is 5.78 Å². The zero-order valence-electron chi connectivity index (χ0n) is 11.5. The summed E-state index contributed by atoms with van der Waals surface area (Å²) in [6, 6.07) is 0. The van der Waals surface area contributed by atoms with Crippen molar-refractivity contribution in [2.75, 3.05) is 25.1 Å². The van der Waals surface area contributed by atoms with Gasteiger partial charge < -0.3 is 10.1 Å². The number of nitrogens with zero attached hydrogens (tertiary/aromatic N) is 4. The third-order valence-electron chi connectivity index (χ3n) is 3.41. The normalized spacial score (nSPS) is 14.9. The van der Waals surface area contributed by atoms with Crippen molar-refractivity contribution in [3.63, 3.8) is 0 Å².